The Balaban J connectivity index is 1.75. The molecule has 4 nitrogen and oxygen atoms in total. The van der Waals surface area contributed by atoms with Crippen LogP contribution in [0.15, 0.2) is 97.1 Å². The zero-order chi connectivity index (χ0) is 19.8. The first-order valence-electron chi connectivity index (χ1n) is 9.03. The van der Waals surface area contributed by atoms with Gasteiger partial charge in [-0.2, -0.15) is 0 Å². The van der Waals surface area contributed by atoms with E-state index in [1.165, 1.54) is 7.11 Å². The molecular weight excluding hydrogens is 350 g/mol. The predicted molar refractivity (Wildman–Crippen MR) is 111 cm³/mol. The van der Waals surface area contributed by atoms with Crippen molar-refractivity contribution < 1.29 is 14.3 Å². The third kappa shape index (κ3) is 5.01. The van der Waals surface area contributed by atoms with Gasteiger partial charge in [0.25, 0.3) is 0 Å². The third-order valence-corrected chi connectivity index (χ3v) is 4.34. The molecule has 0 aliphatic rings. The zero-order valence-corrected chi connectivity index (χ0v) is 15.8. The van der Waals surface area contributed by atoms with Crippen molar-refractivity contribution in [1.82, 2.24) is 0 Å². The minimum Gasteiger partial charge on any atom is -0.489 e. The molecule has 0 bridgehead atoms. The van der Waals surface area contributed by atoms with Gasteiger partial charge in [-0.25, -0.2) is 4.79 Å². The minimum atomic E-state index is -0.446. The van der Waals surface area contributed by atoms with Crippen LogP contribution in [0.2, 0.25) is 0 Å². The third-order valence-electron chi connectivity index (χ3n) is 4.34. The molecule has 1 atom stereocenters. The molecule has 0 fully saturated rings. The van der Waals surface area contributed by atoms with Crippen LogP contribution < -0.4 is 10.1 Å². The molecule has 0 radical (unpaired) electrons. The van der Waals surface area contributed by atoms with Crippen molar-refractivity contribution in [3.05, 3.63) is 108 Å². The van der Waals surface area contributed by atoms with Gasteiger partial charge in [-0.1, -0.05) is 67.2 Å². The van der Waals surface area contributed by atoms with Crippen LogP contribution in [0, 0.1) is 0 Å². The summed E-state index contributed by atoms with van der Waals surface area (Å²) in [6.45, 7) is 4.43. The van der Waals surface area contributed by atoms with Crippen LogP contribution in [0.5, 0.6) is 5.75 Å². The maximum Gasteiger partial charge on any atom is 0.335 e. The van der Waals surface area contributed by atoms with E-state index in [-0.39, 0.29) is 0 Å². The van der Waals surface area contributed by atoms with Crippen LogP contribution >= 0.6 is 0 Å². The second kappa shape index (κ2) is 9.42. The fraction of sp³-hybridized carbons (Fsp3) is 0.125. The highest BCUT2D eigenvalue weighted by atomic mass is 16.5. The summed E-state index contributed by atoms with van der Waals surface area (Å²) in [5.74, 6) is 0.313. The van der Waals surface area contributed by atoms with E-state index in [1.54, 1.807) is 0 Å². The first-order chi connectivity index (χ1) is 13.7. The lowest BCUT2D eigenvalue weighted by Gasteiger charge is -2.21. The maximum absolute atomic E-state index is 12.1. The minimum absolute atomic E-state index is 0.337. The highest BCUT2D eigenvalue weighted by molar-refractivity contribution is 5.90. The number of benzene rings is 3. The largest absolute Gasteiger partial charge is 0.489 e. The summed E-state index contributed by atoms with van der Waals surface area (Å²) in [5.41, 5.74) is 3.23. The molecule has 0 saturated heterocycles. The summed E-state index contributed by atoms with van der Waals surface area (Å²) >= 11 is 0. The van der Waals surface area contributed by atoms with E-state index in [0.717, 1.165) is 22.6 Å². The Bertz CT molecular complexity index is 906. The SMILES string of the molecule is C=C(C(=O)OC)[C@H](Nc1ccccc1)c1ccc(OCc2ccccc2)cc1. The van der Waals surface area contributed by atoms with Crippen LogP contribution in [0.25, 0.3) is 0 Å². The zero-order valence-electron chi connectivity index (χ0n) is 15.8. The van der Waals surface area contributed by atoms with E-state index in [4.69, 9.17) is 9.47 Å². The van der Waals surface area contributed by atoms with Gasteiger partial charge >= 0.3 is 5.97 Å². The van der Waals surface area contributed by atoms with Crippen molar-refractivity contribution in [3.8, 4) is 5.75 Å². The fourth-order valence-electron chi connectivity index (χ4n) is 2.82. The molecule has 0 spiro atoms. The average Bonchev–Trinajstić information content (AvgIpc) is 2.77. The number of carbonyl (C=O) groups excluding carboxylic acids is 1. The molecule has 1 N–H and O–H groups in total. The van der Waals surface area contributed by atoms with Gasteiger partial charge in [0.15, 0.2) is 0 Å². The number of rotatable bonds is 8. The number of nitrogens with one attached hydrogen (secondary N) is 1. The number of para-hydroxylation sites is 1. The lowest BCUT2D eigenvalue weighted by molar-refractivity contribution is -0.136. The second-order valence-corrected chi connectivity index (χ2v) is 6.30. The molecule has 0 unspecified atom stereocenters. The van der Waals surface area contributed by atoms with Crippen LogP contribution in [0.1, 0.15) is 17.2 Å². The molecule has 142 valence electrons. The number of carbonyl (C=O) groups is 1. The van der Waals surface area contributed by atoms with Gasteiger partial charge in [0.1, 0.15) is 12.4 Å². The van der Waals surface area contributed by atoms with Gasteiger partial charge in [-0.15, -0.1) is 0 Å². The number of methoxy groups -OCH3 is 1. The highest BCUT2D eigenvalue weighted by Gasteiger charge is 2.21. The molecular formula is C24H23NO3. The number of hydrogen-bond acceptors (Lipinski definition) is 4. The quantitative estimate of drug-likeness (QED) is 0.438. The standard InChI is InChI=1S/C24H23NO3/c1-18(24(26)27-2)23(25-21-11-7-4-8-12-21)20-13-15-22(16-14-20)28-17-19-9-5-3-6-10-19/h3-16,23,25H,1,17H2,2H3/t23-/m0/s1. The number of esters is 1. The fourth-order valence-corrected chi connectivity index (χ4v) is 2.82. The summed E-state index contributed by atoms with van der Waals surface area (Å²) in [6, 6.07) is 26.9. The molecule has 0 heterocycles. The Morgan fingerprint density at radius 3 is 2.14 bits per heavy atom. The lowest BCUT2D eigenvalue weighted by atomic mass is 9.99. The Labute approximate surface area is 165 Å². The van der Waals surface area contributed by atoms with Crippen LogP contribution in [0.3, 0.4) is 0 Å². The van der Waals surface area contributed by atoms with E-state index in [9.17, 15) is 4.79 Å². The van der Waals surface area contributed by atoms with Crippen molar-refractivity contribution in [1.29, 1.82) is 0 Å². The molecule has 3 aromatic rings. The summed E-state index contributed by atoms with van der Waals surface area (Å²) in [5, 5.41) is 3.35. The van der Waals surface area contributed by atoms with Crippen LogP contribution in [-0.4, -0.2) is 13.1 Å². The molecule has 0 amide bonds. The maximum atomic E-state index is 12.1. The van der Waals surface area contributed by atoms with Gasteiger partial charge in [0, 0.05) is 5.69 Å². The van der Waals surface area contributed by atoms with Crippen molar-refractivity contribution in [2.75, 3.05) is 12.4 Å². The summed E-state index contributed by atoms with van der Waals surface area (Å²) in [7, 11) is 1.35. The molecule has 4 heteroatoms. The molecule has 3 rings (SSSR count). The summed E-state index contributed by atoms with van der Waals surface area (Å²) in [4.78, 5) is 12.1. The van der Waals surface area contributed by atoms with Gasteiger partial charge in [0.2, 0.25) is 0 Å². The Kier molecular flexibility index (Phi) is 6.47. The van der Waals surface area contributed by atoms with Crippen molar-refractivity contribution in [2.45, 2.75) is 12.6 Å². The number of anilines is 1. The smallest absolute Gasteiger partial charge is 0.335 e. The first-order valence-corrected chi connectivity index (χ1v) is 9.03. The Morgan fingerprint density at radius 1 is 0.929 bits per heavy atom. The molecule has 3 aromatic carbocycles. The monoisotopic (exact) mass is 373 g/mol. The van der Waals surface area contributed by atoms with E-state index in [1.807, 2.05) is 84.9 Å². The molecule has 0 saturated carbocycles. The predicted octanol–water partition coefficient (Wildman–Crippen LogP) is 5.15. The molecule has 0 aliphatic carbocycles. The van der Waals surface area contributed by atoms with E-state index < -0.39 is 12.0 Å². The van der Waals surface area contributed by atoms with Crippen LogP contribution in [-0.2, 0) is 16.1 Å². The van der Waals surface area contributed by atoms with Gasteiger partial charge in [0.05, 0.1) is 18.7 Å². The van der Waals surface area contributed by atoms with Crippen LogP contribution in [0.4, 0.5) is 5.69 Å². The normalized spacial score (nSPS) is 11.3. The Hall–Kier alpha value is -3.53. The van der Waals surface area contributed by atoms with Gasteiger partial charge < -0.3 is 14.8 Å². The number of hydrogen-bond donors (Lipinski definition) is 1. The highest BCUT2D eigenvalue weighted by Crippen LogP contribution is 2.28. The summed E-state index contributed by atoms with van der Waals surface area (Å²) < 4.78 is 10.7. The second-order valence-electron chi connectivity index (χ2n) is 6.30. The number of ether oxygens (including phenoxy) is 2. The first kappa shape index (κ1) is 19.2. The Morgan fingerprint density at radius 2 is 1.54 bits per heavy atom. The van der Waals surface area contributed by atoms with E-state index in [0.29, 0.717) is 12.2 Å². The van der Waals surface area contributed by atoms with Crippen molar-refractivity contribution >= 4 is 11.7 Å². The van der Waals surface area contributed by atoms with Crippen molar-refractivity contribution in [2.24, 2.45) is 0 Å². The average molecular weight is 373 g/mol. The van der Waals surface area contributed by atoms with E-state index in [2.05, 4.69) is 11.9 Å². The van der Waals surface area contributed by atoms with Gasteiger partial charge in [-0.05, 0) is 35.4 Å². The topological polar surface area (TPSA) is 47.6 Å². The molecule has 0 aromatic heterocycles. The van der Waals surface area contributed by atoms with Gasteiger partial charge in [-0.3, -0.25) is 0 Å². The molecule has 28 heavy (non-hydrogen) atoms. The lowest BCUT2D eigenvalue weighted by Crippen LogP contribution is -2.19. The molecule has 0 aliphatic heterocycles. The summed E-state index contributed by atoms with van der Waals surface area (Å²) in [6.07, 6.45) is 0. The van der Waals surface area contributed by atoms with Crippen molar-refractivity contribution in [3.63, 3.8) is 0 Å². The van der Waals surface area contributed by atoms with E-state index >= 15 is 0 Å².